The van der Waals surface area contributed by atoms with Crippen molar-refractivity contribution in [3.05, 3.63) is 22.2 Å². The molecule has 2 heterocycles. The third kappa shape index (κ3) is 2.20. The molecule has 1 saturated carbocycles. The maximum atomic E-state index is 12.4. The van der Waals surface area contributed by atoms with Crippen LogP contribution < -0.4 is 11.1 Å². The van der Waals surface area contributed by atoms with E-state index in [-0.39, 0.29) is 5.91 Å². The molecule has 3 N–H and O–H groups in total. The number of fused-ring (bicyclic) bond motifs is 2. The Balaban J connectivity index is 1.68. The van der Waals surface area contributed by atoms with Crippen molar-refractivity contribution in [1.82, 2.24) is 10.3 Å². The van der Waals surface area contributed by atoms with Crippen molar-refractivity contribution in [3.8, 4) is 0 Å². The summed E-state index contributed by atoms with van der Waals surface area (Å²) >= 11 is 1.43. The fourth-order valence-corrected chi connectivity index (χ4v) is 4.49. The van der Waals surface area contributed by atoms with Crippen molar-refractivity contribution in [1.29, 1.82) is 0 Å². The maximum absolute atomic E-state index is 12.4. The van der Waals surface area contributed by atoms with Gasteiger partial charge in [0.1, 0.15) is 9.71 Å². The Morgan fingerprint density at radius 1 is 1.29 bits per heavy atom. The number of aryl methyl sites for hydroxylation is 2. The van der Waals surface area contributed by atoms with Gasteiger partial charge in [-0.25, -0.2) is 4.98 Å². The van der Waals surface area contributed by atoms with Crippen molar-refractivity contribution >= 4 is 33.1 Å². The molecule has 0 saturated heterocycles. The monoisotopic (exact) mass is 301 g/mol. The normalized spacial score (nSPS) is 18.3. The molecule has 4 rings (SSSR count). The van der Waals surface area contributed by atoms with Gasteiger partial charge in [0, 0.05) is 17.1 Å². The molecular formula is C16H19N3OS. The number of pyridine rings is 1. The molecular weight excluding hydrogens is 282 g/mol. The van der Waals surface area contributed by atoms with Crippen LogP contribution in [0.5, 0.6) is 0 Å². The molecule has 110 valence electrons. The molecule has 0 spiro atoms. The van der Waals surface area contributed by atoms with Crippen LogP contribution in [0.4, 0.5) is 5.69 Å². The first-order valence-corrected chi connectivity index (χ1v) is 8.55. The molecule has 21 heavy (non-hydrogen) atoms. The lowest BCUT2D eigenvalue weighted by Crippen LogP contribution is -2.32. The van der Waals surface area contributed by atoms with Gasteiger partial charge in [0.05, 0.1) is 5.69 Å². The quantitative estimate of drug-likeness (QED) is 0.896. The highest BCUT2D eigenvalue weighted by Crippen LogP contribution is 2.36. The summed E-state index contributed by atoms with van der Waals surface area (Å²) in [6.07, 6.45) is 7.90. The number of nitrogens with one attached hydrogen (secondary N) is 1. The van der Waals surface area contributed by atoms with E-state index in [0.29, 0.717) is 16.6 Å². The first-order valence-electron chi connectivity index (χ1n) is 7.74. The molecule has 1 fully saturated rings. The Kier molecular flexibility index (Phi) is 3.10. The Hall–Kier alpha value is -1.62. The lowest BCUT2D eigenvalue weighted by Gasteiger charge is -2.10. The molecule has 0 aliphatic heterocycles. The Morgan fingerprint density at radius 3 is 2.90 bits per heavy atom. The molecule has 4 nitrogen and oxygen atoms in total. The van der Waals surface area contributed by atoms with Gasteiger partial charge in [0.25, 0.3) is 5.91 Å². The number of aromatic nitrogens is 1. The fraction of sp³-hybridized carbons (Fsp3) is 0.500. The molecule has 0 unspecified atom stereocenters. The largest absolute Gasteiger partial charge is 0.397 e. The first-order chi connectivity index (χ1) is 10.2. The van der Waals surface area contributed by atoms with E-state index < -0.39 is 0 Å². The van der Waals surface area contributed by atoms with Crippen molar-refractivity contribution < 1.29 is 4.79 Å². The van der Waals surface area contributed by atoms with Crippen LogP contribution in [0, 0.1) is 0 Å². The summed E-state index contributed by atoms with van der Waals surface area (Å²) in [5.41, 5.74) is 9.31. The highest BCUT2D eigenvalue weighted by atomic mass is 32.1. The zero-order chi connectivity index (χ0) is 14.4. The predicted molar refractivity (Wildman–Crippen MR) is 85.8 cm³/mol. The second-order valence-corrected chi connectivity index (χ2v) is 7.10. The molecule has 5 heteroatoms. The average molecular weight is 301 g/mol. The van der Waals surface area contributed by atoms with Gasteiger partial charge in [-0.2, -0.15) is 0 Å². The highest BCUT2D eigenvalue weighted by molar-refractivity contribution is 7.21. The van der Waals surface area contributed by atoms with Gasteiger partial charge in [-0.3, -0.25) is 4.79 Å². The van der Waals surface area contributed by atoms with Gasteiger partial charge in [-0.1, -0.05) is 12.8 Å². The van der Waals surface area contributed by atoms with E-state index in [1.54, 1.807) is 0 Å². The van der Waals surface area contributed by atoms with Crippen molar-refractivity contribution in [2.75, 3.05) is 5.73 Å². The Labute approximate surface area is 127 Å². The van der Waals surface area contributed by atoms with Gasteiger partial charge in [-0.05, 0) is 43.7 Å². The van der Waals surface area contributed by atoms with Crippen LogP contribution in [0.25, 0.3) is 10.2 Å². The molecule has 1 amide bonds. The van der Waals surface area contributed by atoms with Crippen LogP contribution in [0.1, 0.15) is 53.0 Å². The number of hydrogen-bond acceptors (Lipinski definition) is 4. The van der Waals surface area contributed by atoms with Crippen LogP contribution in [-0.4, -0.2) is 16.9 Å². The standard InChI is InChI=1S/C16H19N3OS/c17-13-11-8-9-4-3-7-12(9)19-16(11)21-14(13)15(20)18-10-5-1-2-6-10/h8,10H,1-7,17H2,(H,18,20). The summed E-state index contributed by atoms with van der Waals surface area (Å²) in [5, 5.41) is 4.07. The van der Waals surface area contributed by atoms with Crippen molar-refractivity contribution in [2.45, 2.75) is 51.0 Å². The van der Waals surface area contributed by atoms with Gasteiger partial charge in [0.2, 0.25) is 0 Å². The molecule has 2 aliphatic carbocycles. The van der Waals surface area contributed by atoms with E-state index in [1.807, 2.05) is 0 Å². The van der Waals surface area contributed by atoms with Crippen LogP contribution >= 0.6 is 11.3 Å². The summed E-state index contributed by atoms with van der Waals surface area (Å²) in [6.45, 7) is 0. The van der Waals surface area contributed by atoms with Crippen LogP contribution in [0.15, 0.2) is 6.07 Å². The molecule has 2 aliphatic rings. The minimum Gasteiger partial charge on any atom is -0.397 e. The smallest absolute Gasteiger partial charge is 0.263 e. The van der Waals surface area contributed by atoms with Gasteiger partial charge in [-0.15, -0.1) is 11.3 Å². The average Bonchev–Trinajstić information content (AvgIpc) is 3.17. The lowest BCUT2D eigenvalue weighted by molar-refractivity contribution is 0.0943. The lowest BCUT2D eigenvalue weighted by atomic mass is 10.1. The van der Waals surface area contributed by atoms with Gasteiger partial charge in [0.15, 0.2) is 0 Å². The minimum absolute atomic E-state index is 0.0254. The van der Waals surface area contributed by atoms with Crippen LogP contribution in [-0.2, 0) is 12.8 Å². The summed E-state index contributed by atoms with van der Waals surface area (Å²) in [5.74, 6) is -0.0254. The zero-order valence-electron chi connectivity index (χ0n) is 11.9. The number of nitrogens with zero attached hydrogens (tertiary/aromatic N) is 1. The number of nitrogen functional groups attached to an aromatic ring is 1. The zero-order valence-corrected chi connectivity index (χ0v) is 12.8. The second kappa shape index (κ2) is 4.98. The van der Waals surface area contributed by atoms with Gasteiger partial charge < -0.3 is 11.1 Å². The fourth-order valence-electron chi connectivity index (χ4n) is 3.49. The first kappa shape index (κ1) is 13.1. The number of nitrogens with two attached hydrogens (primary N) is 1. The number of amides is 1. The van der Waals surface area contributed by atoms with E-state index in [0.717, 1.165) is 35.9 Å². The molecule has 0 bridgehead atoms. The minimum atomic E-state index is -0.0254. The molecule has 0 aromatic carbocycles. The molecule has 2 aromatic heterocycles. The van der Waals surface area contributed by atoms with Gasteiger partial charge >= 0.3 is 0 Å². The van der Waals surface area contributed by atoms with E-state index in [1.165, 1.54) is 41.9 Å². The Bertz CT molecular complexity index is 716. The van der Waals surface area contributed by atoms with Crippen LogP contribution in [0.3, 0.4) is 0 Å². The maximum Gasteiger partial charge on any atom is 0.263 e. The summed E-state index contributed by atoms with van der Waals surface area (Å²) in [4.78, 5) is 18.7. The topological polar surface area (TPSA) is 68.0 Å². The SMILES string of the molecule is Nc1c(C(=O)NC2CCCC2)sc2nc3c(cc12)CCC3. The van der Waals surface area contributed by atoms with Crippen molar-refractivity contribution in [3.63, 3.8) is 0 Å². The predicted octanol–water partition coefficient (Wildman–Crippen LogP) is 3.04. The third-order valence-corrected chi connectivity index (χ3v) is 5.76. The van der Waals surface area contributed by atoms with E-state index >= 15 is 0 Å². The van der Waals surface area contributed by atoms with E-state index in [2.05, 4.69) is 11.4 Å². The molecule has 0 atom stereocenters. The van der Waals surface area contributed by atoms with Crippen molar-refractivity contribution in [2.24, 2.45) is 0 Å². The summed E-state index contributed by atoms with van der Waals surface area (Å²) in [7, 11) is 0. The number of carbonyl (C=O) groups is 1. The molecule has 0 radical (unpaired) electrons. The van der Waals surface area contributed by atoms with Crippen LogP contribution in [0.2, 0.25) is 0 Å². The number of carbonyl (C=O) groups excluding carboxylic acids is 1. The molecule has 2 aromatic rings. The van der Waals surface area contributed by atoms with E-state index in [9.17, 15) is 4.79 Å². The summed E-state index contributed by atoms with van der Waals surface area (Å²) < 4.78 is 0. The second-order valence-electron chi connectivity index (χ2n) is 6.10. The number of rotatable bonds is 2. The number of thiophene rings is 1. The van der Waals surface area contributed by atoms with E-state index in [4.69, 9.17) is 10.7 Å². The Morgan fingerprint density at radius 2 is 2.10 bits per heavy atom. The summed E-state index contributed by atoms with van der Waals surface area (Å²) in [6, 6.07) is 2.46. The highest BCUT2D eigenvalue weighted by Gasteiger charge is 2.23. The third-order valence-electron chi connectivity index (χ3n) is 4.65. The number of anilines is 1. The number of hydrogen-bond donors (Lipinski definition) is 2.